The lowest BCUT2D eigenvalue weighted by Crippen LogP contribution is -2.39. The summed E-state index contributed by atoms with van der Waals surface area (Å²) in [6, 6.07) is 18.1. The van der Waals surface area contributed by atoms with Crippen LogP contribution in [-0.4, -0.2) is 52.6 Å². The molecule has 1 amide bonds. The van der Waals surface area contributed by atoms with Crippen LogP contribution in [0.2, 0.25) is 0 Å². The number of aryl methyl sites for hydroxylation is 1. The molecule has 0 atom stereocenters. The highest BCUT2D eigenvalue weighted by Gasteiger charge is 2.20. The van der Waals surface area contributed by atoms with Gasteiger partial charge in [0.25, 0.3) is 5.91 Å². The monoisotopic (exact) mass is 432 g/mol. The SMILES string of the molecule is Cc1nccn1CCNC(=O)c1ccc(OC2CCN(CCc3ccccc3)CC2)cc1. The van der Waals surface area contributed by atoms with Crippen LogP contribution < -0.4 is 10.1 Å². The van der Waals surface area contributed by atoms with Gasteiger partial charge in [0.15, 0.2) is 0 Å². The molecule has 1 aliphatic heterocycles. The highest BCUT2D eigenvalue weighted by atomic mass is 16.5. The second kappa shape index (κ2) is 11.0. The van der Waals surface area contributed by atoms with E-state index in [1.165, 1.54) is 5.56 Å². The highest BCUT2D eigenvalue weighted by Crippen LogP contribution is 2.20. The number of hydrogen-bond donors (Lipinski definition) is 1. The quantitative estimate of drug-likeness (QED) is 0.560. The van der Waals surface area contributed by atoms with Crippen molar-refractivity contribution in [3.63, 3.8) is 0 Å². The summed E-state index contributed by atoms with van der Waals surface area (Å²) in [4.78, 5) is 19.1. The third-order valence-corrected chi connectivity index (χ3v) is 6.08. The molecule has 3 aromatic rings. The minimum absolute atomic E-state index is 0.0685. The topological polar surface area (TPSA) is 59.4 Å². The predicted molar refractivity (Wildman–Crippen MR) is 126 cm³/mol. The summed E-state index contributed by atoms with van der Waals surface area (Å²) in [7, 11) is 0. The van der Waals surface area contributed by atoms with Crippen LogP contribution in [0.4, 0.5) is 0 Å². The van der Waals surface area contributed by atoms with Gasteiger partial charge in [-0.15, -0.1) is 0 Å². The second-order valence-corrected chi connectivity index (χ2v) is 8.34. The van der Waals surface area contributed by atoms with Crippen molar-refractivity contribution in [2.45, 2.75) is 38.8 Å². The standard InChI is InChI=1S/C26H32N4O2/c1-21-27-14-19-30(21)20-15-28-26(31)23-7-9-24(10-8-23)32-25-12-17-29(18-13-25)16-11-22-5-3-2-4-6-22/h2-10,14,19,25H,11-13,15-18,20H2,1H3,(H,28,31). The van der Waals surface area contributed by atoms with E-state index in [1.54, 1.807) is 6.20 Å². The van der Waals surface area contributed by atoms with E-state index >= 15 is 0 Å². The Labute approximate surface area is 190 Å². The van der Waals surface area contributed by atoms with Crippen molar-refractivity contribution in [2.75, 3.05) is 26.2 Å². The van der Waals surface area contributed by atoms with Gasteiger partial charge in [0.1, 0.15) is 17.7 Å². The summed E-state index contributed by atoms with van der Waals surface area (Å²) in [6.07, 6.45) is 7.08. The van der Waals surface area contributed by atoms with Crippen molar-refractivity contribution < 1.29 is 9.53 Å². The second-order valence-electron chi connectivity index (χ2n) is 8.34. The first-order valence-corrected chi connectivity index (χ1v) is 11.5. The van der Waals surface area contributed by atoms with Gasteiger partial charge < -0.3 is 19.5 Å². The Morgan fingerprint density at radius 1 is 1.06 bits per heavy atom. The fourth-order valence-corrected chi connectivity index (χ4v) is 4.09. The largest absolute Gasteiger partial charge is 0.490 e. The van der Waals surface area contributed by atoms with Gasteiger partial charge in [0.05, 0.1) is 0 Å². The molecule has 0 bridgehead atoms. The zero-order chi connectivity index (χ0) is 22.2. The number of carbonyl (C=O) groups is 1. The predicted octanol–water partition coefficient (Wildman–Crippen LogP) is 3.71. The van der Waals surface area contributed by atoms with E-state index in [-0.39, 0.29) is 12.0 Å². The van der Waals surface area contributed by atoms with Gasteiger partial charge in [-0.3, -0.25) is 4.79 Å². The number of hydrogen-bond acceptors (Lipinski definition) is 4. The molecule has 1 fully saturated rings. The van der Waals surface area contributed by atoms with Gasteiger partial charge in [0, 0.05) is 50.7 Å². The molecule has 6 heteroatoms. The van der Waals surface area contributed by atoms with Crippen molar-refractivity contribution in [3.05, 3.63) is 83.9 Å². The van der Waals surface area contributed by atoms with Crippen molar-refractivity contribution in [1.82, 2.24) is 19.8 Å². The minimum Gasteiger partial charge on any atom is -0.490 e. The van der Waals surface area contributed by atoms with Crippen LogP contribution in [0.15, 0.2) is 67.0 Å². The van der Waals surface area contributed by atoms with Gasteiger partial charge in [-0.1, -0.05) is 30.3 Å². The van der Waals surface area contributed by atoms with Crippen LogP contribution in [0.1, 0.15) is 34.6 Å². The van der Waals surface area contributed by atoms with Gasteiger partial charge in [0.2, 0.25) is 0 Å². The zero-order valence-corrected chi connectivity index (χ0v) is 18.7. The number of carbonyl (C=O) groups excluding carboxylic acids is 1. The fourth-order valence-electron chi connectivity index (χ4n) is 4.09. The Bertz CT molecular complexity index is 977. The van der Waals surface area contributed by atoms with Crippen molar-refractivity contribution >= 4 is 5.91 Å². The van der Waals surface area contributed by atoms with Crippen LogP contribution in [0, 0.1) is 6.92 Å². The summed E-state index contributed by atoms with van der Waals surface area (Å²) in [5.74, 6) is 1.71. The first-order valence-electron chi connectivity index (χ1n) is 11.5. The van der Waals surface area contributed by atoms with Crippen molar-refractivity contribution in [3.8, 4) is 5.75 Å². The van der Waals surface area contributed by atoms with E-state index in [0.717, 1.165) is 50.5 Å². The first-order chi connectivity index (χ1) is 15.7. The number of ether oxygens (including phenoxy) is 1. The molecule has 1 aromatic heterocycles. The fraction of sp³-hybridized carbons (Fsp3) is 0.385. The minimum atomic E-state index is -0.0685. The molecule has 1 N–H and O–H groups in total. The Hall–Kier alpha value is -3.12. The Kier molecular flexibility index (Phi) is 7.56. The Morgan fingerprint density at radius 3 is 2.50 bits per heavy atom. The van der Waals surface area contributed by atoms with Crippen molar-refractivity contribution in [2.24, 2.45) is 0 Å². The van der Waals surface area contributed by atoms with E-state index in [4.69, 9.17) is 4.74 Å². The summed E-state index contributed by atoms with van der Waals surface area (Å²) in [5.41, 5.74) is 2.04. The molecule has 0 radical (unpaired) electrons. The molecule has 0 spiro atoms. The lowest BCUT2D eigenvalue weighted by Gasteiger charge is -2.32. The molecule has 1 aliphatic rings. The van der Waals surface area contributed by atoms with Crippen LogP contribution in [-0.2, 0) is 13.0 Å². The number of rotatable bonds is 9. The lowest BCUT2D eigenvalue weighted by molar-refractivity contribution is 0.0951. The van der Waals surface area contributed by atoms with Gasteiger partial charge >= 0.3 is 0 Å². The smallest absolute Gasteiger partial charge is 0.251 e. The zero-order valence-electron chi connectivity index (χ0n) is 18.7. The molecular formula is C26H32N4O2. The molecule has 32 heavy (non-hydrogen) atoms. The number of imidazole rings is 1. The van der Waals surface area contributed by atoms with Gasteiger partial charge in [-0.2, -0.15) is 0 Å². The number of aromatic nitrogens is 2. The van der Waals surface area contributed by atoms with E-state index < -0.39 is 0 Å². The number of nitrogens with zero attached hydrogens (tertiary/aromatic N) is 3. The summed E-state index contributed by atoms with van der Waals surface area (Å²) in [6.45, 7) is 6.46. The number of likely N-dealkylation sites (tertiary alicyclic amines) is 1. The molecule has 168 valence electrons. The molecule has 0 unspecified atom stereocenters. The van der Waals surface area contributed by atoms with E-state index in [9.17, 15) is 4.79 Å². The summed E-state index contributed by atoms with van der Waals surface area (Å²) in [5, 5.41) is 2.96. The van der Waals surface area contributed by atoms with Crippen molar-refractivity contribution in [1.29, 1.82) is 0 Å². The van der Waals surface area contributed by atoms with Gasteiger partial charge in [-0.25, -0.2) is 4.98 Å². The molecule has 6 nitrogen and oxygen atoms in total. The third kappa shape index (κ3) is 6.20. The number of nitrogens with one attached hydrogen (secondary N) is 1. The Morgan fingerprint density at radius 2 is 1.81 bits per heavy atom. The maximum atomic E-state index is 12.4. The van der Waals surface area contributed by atoms with E-state index in [1.807, 2.05) is 42.0 Å². The molecule has 1 saturated heterocycles. The average Bonchev–Trinajstić information content (AvgIpc) is 3.24. The lowest BCUT2D eigenvalue weighted by atomic mass is 10.1. The molecule has 4 rings (SSSR count). The maximum absolute atomic E-state index is 12.4. The highest BCUT2D eigenvalue weighted by molar-refractivity contribution is 5.94. The molecular weight excluding hydrogens is 400 g/mol. The average molecular weight is 433 g/mol. The van der Waals surface area contributed by atoms with E-state index in [2.05, 4.69) is 45.5 Å². The maximum Gasteiger partial charge on any atom is 0.251 e. The van der Waals surface area contributed by atoms with Gasteiger partial charge in [-0.05, 0) is 56.0 Å². The molecule has 2 heterocycles. The number of benzene rings is 2. The number of piperidine rings is 1. The summed E-state index contributed by atoms with van der Waals surface area (Å²) < 4.78 is 8.19. The molecule has 0 saturated carbocycles. The Balaban J connectivity index is 1.17. The molecule has 0 aliphatic carbocycles. The van der Waals surface area contributed by atoms with Crippen LogP contribution in [0.25, 0.3) is 0 Å². The third-order valence-electron chi connectivity index (χ3n) is 6.08. The number of amides is 1. The van der Waals surface area contributed by atoms with E-state index in [0.29, 0.717) is 18.7 Å². The summed E-state index contributed by atoms with van der Waals surface area (Å²) >= 11 is 0. The normalized spacial score (nSPS) is 14.9. The van der Waals surface area contributed by atoms with Crippen LogP contribution in [0.3, 0.4) is 0 Å². The first kappa shape index (κ1) is 22.1. The van der Waals surface area contributed by atoms with Crippen LogP contribution in [0.5, 0.6) is 5.75 Å². The van der Waals surface area contributed by atoms with Crippen LogP contribution >= 0.6 is 0 Å². The molecule has 2 aromatic carbocycles.